The number of hydrogen-bond donors (Lipinski definition) is 2. The van der Waals surface area contributed by atoms with E-state index >= 15 is 0 Å². The molecule has 1 aromatic rings. The zero-order chi connectivity index (χ0) is 30.2. The van der Waals surface area contributed by atoms with Gasteiger partial charge in [0.15, 0.2) is 0 Å². The maximum Gasteiger partial charge on any atom is 0.264 e. The zero-order valence-electron chi connectivity index (χ0n) is 23.2. The van der Waals surface area contributed by atoms with E-state index in [2.05, 4.69) is 10.6 Å². The lowest BCUT2D eigenvalue weighted by molar-refractivity contribution is -0.136. The normalized spacial score (nSPS) is 16.6. The van der Waals surface area contributed by atoms with Crippen molar-refractivity contribution in [3.63, 3.8) is 0 Å². The number of fused-ring (bicyclic) bond motifs is 1. The van der Waals surface area contributed by atoms with E-state index in [1.54, 1.807) is 0 Å². The number of carbonyl (C=O) groups excluding carboxylic acids is 5. The number of anilines is 1. The summed E-state index contributed by atoms with van der Waals surface area (Å²) in [5.74, 6) is -2.60. The summed E-state index contributed by atoms with van der Waals surface area (Å²) < 4.78 is 32.0. The van der Waals surface area contributed by atoms with Crippen molar-refractivity contribution in [2.24, 2.45) is 0 Å². The summed E-state index contributed by atoms with van der Waals surface area (Å²) in [4.78, 5) is 62.9. The number of amides is 5. The highest BCUT2D eigenvalue weighted by Gasteiger charge is 2.45. The van der Waals surface area contributed by atoms with Crippen molar-refractivity contribution in [3.05, 3.63) is 29.3 Å². The summed E-state index contributed by atoms with van der Waals surface area (Å²) >= 11 is 5.50. The molecule has 0 aromatic heterocycles. The van der Waals surface area contributed by atoms with Crippen molar-refractivity contribution in [1.29, 1.82) is 0 Å². The van der Waals surface area contributed by atoms with Crippen LogP contribution in [0.2, 0.25) is 0 Å². The Morgan fingerprint density at radius 2 is 1.36 bits per heavy atom. The van der Waals surface area contributed by atoms with Gasteiger partial charge in [-0.2, -0.15) is 0 Å². The smallest absolute Gasteiger partial charge is 0.264 e. The molecule has 1 aromatic carbocycles. The molecule has 2 aliphatic rings. The Morgan fingerprint density at radius 1 is 0.810 bits per heavy atom. The molecule has 15 heteroatoms. The van der Waals surface area contributed by atoms with E-state index in [0.717, 1.165) is 4.90 Å². The Balaban J connectivity index is 1.24. The third kappa shape index (κ3) is 10.4. The van der Waals surface area contributed by atoms with Crippen molar-refractivity contribution in [1.82, 2.24) is 10.2 Å². The highest BCUT2D eigenvalue weighted by Crippen LogP contribution is 2.32. The molecule has 1 unspecified atom stereocenters. The Bertz CT molecular complexity index is 1090. The highest BCUT2D eigenvalue weighted by atomic mass is 35.5. The fourth-order valence-corrected chi connectivity index (χ4v) is 4.23. The van der Waals surface area contributed by atoms with Crippen LogP contribution in [-0.4, -0.2) is 126 Å². The minimum atomic E-state index is -1.09. The van der Waals surface area contributed by atoms with Crippen molar-refractivity contribution >= 4 is 46.8 Å². The van der Waals surface area contributed by atoms with Gasteiger partial charge < -0.3 is 33.7 Å². The first-order chi connectivity index (χ1) is 20.4. The Kier molecular flexibility index (Phi) is 14.8. The first-order valence-corrected chi connectivity index (χ1v) is 14.1. The number of imide groups is 2. The van der Waals surface area contributed by atoms with E-state index in [4.69, 9.17) is 40.0 Å². The van der Waals surface area contributed by atoms with Crippen LogP contribution >= 0.6 is 11.6 Å². The average molecular weight is 614 g/mol. The maximum atomic E-state index is 13.1. The lowest BCUT2D eigenvalue weighted by atomic mass is 10.0. The van der Waals surface area contributed by atoms with Gasteiger partial charge in [0, 0.05) is 12.3 Å². The van der Waals surface area contributed by atoms with Crippen molar-refractivity contribution in [2.45, 2.75) is 18.9 Å². The lowest BCUT2D eigenvalue weighted by Gasteiger charge is -2.27. The summed E-state index contributed by atoms with van der Waals surface area (Å²) in [6.45, 7) is 4.11. The molecule has 2 N–H and O–H groups in total. The minimum Gasteiger partial charge on any atom is -0.378 e. The number of benzene rings is 1. The second kappa shape index (κ2) is 18.5. The number of halogens is 1. The van der Waals surface area contributed by atoms with Crippen molar-refractivity contribution < 1.29 is 52.4 Å². The second-order valence-corrected chi connectivity index (χ2v) is 9.40. The van der Waals surface area contributed by atoms with Gasteiger partial charge in [0.05, 0.1) is 89.5 Å². The molecule has 0 aliphatic carbocycles. The fourth-order valence-electron chi connectivity index (χ4n) is 4.12. The molecule has 3 rings (SSSR count). The molecule has 1 fully saturated rings. The first-order valence-electron chi connectivity index (χ1n) is 13.6. The third-order valence-corrected chi connectivity index (χ3v) is 6.21. The monoisotopic (exact) mass is 613 g/mol. The maximum absolute atomic E-state index is 13.1. The lowest BCUT2D eigenvalue weighted by Crippen LogP contribution is -2.54. The number of nitrogens with one attached hydrogen (secondary N) is 2. The van der Waals surface area contributed by atoms with Gasteiger partial charge in [-0.1, -0.05) is 6.07 Å². The number of hydrogen-bond acceptors (Lipinski definition) is 11. The minimum absolute atomic E-state index is 0.00781. The Hall–Kier alpha value is -2.98. The second-order valence-electron chi connectivity index (χ2n) is 9.03. The quantitative estimate of drug-likeness (QED) is 0.112. The molecule has 0 bridgehead atoms. The van der Waals surface area contributed by atoms with Crippen LogP contribution < -0.4 is 10.6 Å². The predicted octanol–water partition coefficient (Wildman–Crippen LogP) is 0.365. The van der Waals surface area contributed by atoms with Gasteiger partial charge in [0.25, 0.3) is 11.8 Å². The molecular formula is C27H36ClN3O11. The number of rotatable bonds is 21. The molecule has 0 saturated carbocycles. The predicted molar refractivity (Wildman–Crippen MR) is 147 cm³/mol. The van der Waals surface area contributed by atoms with Crippen molar-refractivity contribution in [3.8, 4) is 0 Å². The van der Waals surface area contributed by atoms with E-state index in [-0.39, 0.29) is 49.5 Å². The summed E-state index contributed by atoms with van der Waals surface area (Å²) in [6, 6.07) is 3.36. The average Bonchev–Trinajstić information content (AvgIpc) is 3.22. The van der Waals surface area contributed by atoms with Gasteiger partial charge in [-0.25, -0.2) is 0 Å². The number of piperidine rings is 1. The summed E-state index contributed by atoms with van der Waals surface area (Å²) in [6.07, 6.45) is 0.0536. The van der Waals surface area contributed by atoms with Crippen LogP contribution in [0.25, 0.3) is 0 Å². The van der Waals surface area contributed by atoms with E-state index in [1.807, 2.05) is 0 Å². The van der Waals surface area contributed by atoms with E-state index in [0.29, 0.717) is 65.3 Å². The van der Waals surface area contributed by atoms with Crippen LogP contribution in [0.3, 0.4) is 0 Å². The van der Waals surface area contributed by atoms with Crippen LogP contribution in [0.5, 0.6) is 0 Å². The number of alkyl halides is 1. The molecule has 1 saturated heterocycles. The van der Waals surface area contributed by atoms with Gasteiger partial charge >= 0.3 is 0 Å². The number of ether oxygens (including phenoxy) is 6. The Morgan fingerprint density at radius 3 is 1.90 bits per heavy atom. The van der Waals surface area contributed by atoms with Gasteiger partial charge in [0.1, 0.15) is 12.6 Å². The topological polar surface area (TPSA) is 168 Å². The van der Waals surface area contributed by atoms with Crippen LogP contribution in [0.1, 0.15) is 33.6 Å². The molecular weight excluding hydrogens is 578 g/mol. The van der Waals surface area contributed by atoms with Crippen LogP contribution in [0.15, 0.2) is 18.2 Å². The van der Waals surface area contributed by atoms with Crippen LogP contribution in [-0.2, 0) is 42.8 Å². The van der Waals surface area contributed by atoms with Crippen molar-refractivity contribution in [2.75, 3.05) is 90.5 Å². The highest BCUT2D eigenvalue weighted by molar-refractivity contribution is 6.26. The van der Waals surface area contributed by atoms with Gasteiger partial charge in [-0.3, -0.25) is 34.2 Å². The largest absolute Gasteiger partial charge is 0.378 e. The molecule has 0 radical (unpaired) electrons. The zero-order valence-corrected chi connectivity index (χ0v) is 24.0. The van der Waals surface area contributed by atoms with Crippen LogP contribution in [0.4, 0.5) is 5.69 Å². The van der Waals surface area contributed by atoms with E-state index in [1.165, 1.54) is 18.2 Å². The molecule has 2 aliphatic heterocycles. The van der Waals surface area contributed by atoms with Gasteiger partial charge in [-0.15, -0.1) is 11.6 Å². The molecule has 5 amide bonds. The summed E-state index contributed by atoms with van der Waals surface area (Å²) in [5, 5.41) is 4.73. The third-order valence-electron chi connectivity index (χ3n) is 6.06. The summed E-state index contributed by atoms with van der Waals surface area (Å²) in [5.41, 5.74) is 0.193. The number of carbonyl (C=O) groups is 5. The molecule has 2 heterocycles. The SMILES string of the molecule is O=C1CCC(N2C(=O)c3cccc(NC(=O)COCCOCCOCCOCCOCCOCCCl)c3C2=O)C(=O)N1. The molecule has 0 spiro atoms. The van der Waals surface area contributed by atoms with Gasteiger partial charge in [0.2, 0.25) is 17.7 Å². The standard InChI is InChI=1S/C27H36ClN3O11/c28-6-7-37-8-9-38-10-11-39-12-13-40-14-15-41-16-17-42-18-23(33)29-20-3-1-2-19-24(20)27(36)31(26(19)35)21-4-5-22(32)30-25(21)34/h1-3,21H,4-18H2,(H,29,33)(H,30,32,34). The summed E-state index contributed by atoms with van der Waals surface area (Å²) in [7, 11) is 0. The molecule has 232 valence electrons. The first kappa shape index (κ1) is 33.5. The fraction of sp³-hybridized carbons (Fsp3) is 0.593. The van der Waals surface area contributed by atoms with Gasteiger partial charge in [-0.05, 0) is 18.6 Å². The van der Waals surface area contributed by atoms with Crippen LogP contribution in [0, 0.1) is 0 Å². The van der Waals surface area contributed by atoms with E-state index in [9.17, 15) is 24.0 Å². The van der Waals surface area contributed by atoms with E-state index < -0.39 is 35.6 Å². The number of nitrogens with zero attached hydrogens (tertiary/aromatic N) is 1. The molecule has 14 nitrogen and oxygen atoms in total. The molecule has 42 heavy (non-hydrogen) atoms. The molecule has 1 atom stereocenters. The Labute approximate surface area is 248 Å².